The maximum absolute atomic E-state index is 11.3. The fraction of sp³-hybridized carbons (Fsp3) is 0.583. The van der Waals surface area contributed by atoms with E-state index in [2.05, 4.69) is 20.6 Å². The Labute approximate surface area is 118 Å². The molecule has 0 spiro atoms. The Morgan fingerprint density at radius 3 is 2.80 bits per heavy atom. The molecule has 2 amide bonds. The van der Waals surface area contributed by atoms with Crippen molar-refractivity contribution in [3.8, 4) is 0 Å². The summed E-state index contributed by atoms with van der Waals surface area (Å²) in [4.78, 5) is 21.1. The van der Waals surface area contributed by atoms with Gasteiger partial charge in [-0.15, -0.1) is 0 Å². The molecule has 1 aromatic rings. The van der Waals surface area contributed by atoms with Gasteiger partial charge in [0.05, 0.1) is 0 Å². The second-order valence-corrected chi connectivity index (χ2v) is 4.28. The lowest BCUT2D eigenvalue weighted by Crippen LogP contribution is -2.37. The Morgan fingerprint density at radius 2 is 2.15 bits per heavy atom. The van der Waals surface area contributed by atoms with Gasteiger partial charge in [0.1, 0.15) is 18.2 Å². The van der Waals surface area contributed by atoms with E-state index in [9.17, 15) is 4.79 Å². The first-order valence-corrected chi connectivity index (χ1v) is 6.43. The molecular formula is C12H22N6O2. The van der Waals surface area contributed by atoms with E-state index in [0.29, 0.717) is 43.8 Å². The van der Waals surface area contributed by atoms with Gasteiger partial charge in [-0.25, -0.2) is 14.8 Å². The zero-order chi connectivity index (χ0) is 15.0. The minimum absolute atomic E-state index is 0.133. The minimum Gasteiger partial charge on any atom is -0.384 e. The number of ether oxygens (including phenoxy) is 1. The Hall–Kier alpha value is -2.09. The molecule has 0 bridgehead atoms. The highest BCUT2D eigenvalue weighted by molar-refractivity contribution is 5.73. The molecule has 0 aliphatic heterocycles. The molecule has 20 heavy (non-hydrogen) atoms. The number of nitrogens with one attached hydrogen (secondary N) is 2. The summed E-state index contributed by atoms with van der Waals surface area (Å²) in [7, 11) is 3.38. The lowest BCUT2D eigenvalue weighted by molar-refractivity contribution is 0.128. The van der Waals surface area contributed by atoms with Crippen LogP contribution in [0.5, 0.6) is 0 Å². The van der Waals surface area contributed by atoms with Crippen molar-refractivity contribution in [2.24, 2.45) is 0 Å². The largest absolute Gasteiger partial charge is 0.384 e. The number of nitrogens with two attached hydrogens (primary N) is 1. The fourth-order valence-corrected chi connectivity index (χ4v) is 1.38. The van der Waals surface area contributed by atoms with Crippen molar-refractivity contribution in [1.29, 1.82) is 0 Å². The molecule has 112 valence electrons. The van der Waals surface area contributed by atoms with Gasteiger partial charge >= 0.3 is 6.03 Å². The lowest BCUT2D eigenvalue weighted by atomic mass is 10.4. The number of aromatic nitrogens is 2. The highest BCUT2D eigenvalue weighted by Gasteiger charge is 2.04. The third kappa shape index (κ3) is 5.70. The summed E-state index contributed by atoms with van der Waals surface area (Å²) in [5, 5.41) is 5.82. The molecule has 0 aliphatic rings. The molecule has 0 saturated heterocycles. The minimum atomic E-state index is -0.133. The molecule has 1 aromatic heterocycles. The van der Waals surface area contributed by atoms with E-state index in [-0.39, 0.29) is 6.03 Å². The van der Waals surface area contributed by atoms with E-state index in [4.69, 9.17) is 10.5 Å². The van der Waals surface area contributed by atoms with Gasteiger partial charge in [-0.3, -0.25) is 0 Å². The van der Waals surface area contributed by atoms with Crippen LogP contribution in [0.15, 0.2) is 6.07 Å². The topological polar surface area (TPSA) is 105 Å². The standard InChI is InChI=1S/C12H22N6O2/c1-4-20-8-11-16-9(13)7-10(17-11)14-5-6-15-12(19)18(2)3/h7H,4-6,8H2,1-3H3,(H,15,19)(H3,13,14,16,17). The van der Waals surface area contributed by atoms with Gasteiger partial charge in [0.25, 0.3) is 0 Å². The molecule has 1 heterocycles. The van der Waals surface area contributed by atoms with E-state index in [1.54, 1.807) is 20.2 Å². The summed E-state index contributed by atoms with van der Waals surface area (Å²) in [5.41, 5.74) is 5.70. The van der Waals surface area contributed by atoms with Crippen LogP contribution in [0.3, 0.4) is 0 Å². The maximum atomic E-state index is 11.3. The van der Waals surface area contributed by atoms with Crippen molar-refractivity contribution in [1.82, 2.24) is 20.2 Å². The first-order valence-electron chi connectivity index (χ1n) is 6.43. The fourth-order valence-electron chi connectivity index (χ4n) is 1.38. The van der Waals surface area contributed by atoms with Gasteiger partial charge in [-0.1, -0.05) is 0 Å². The Kier molecular flexibility index (Phi) is 6.51. The second kappa shape index (κ2) is 8.16. The molecule has 0 aliphatic carbocycles. The van der Waals surface area contributed by atoms with Gasteiger partial charge in [0, 0.05) is 39.9 Å². The molecule has 1 rings (SSSR count). The number of urea groups is 1. The van der Waals surface area contributed by atoms with Gasteiger partial charge in [0.2, 0.25) is 0 Å². The quantitative estimate of drug-likeness (QED) is 0.620. The molecular weight excluding hydrogens is 260 g/mol. The summed E-state index contributed by atoms with van der Waals surface area (Å²) in [6.07, 6.45) is 0. The first-order chi connectivity index (χ1) is 9.52. The molecule has 0 radical (unpaired) electrons. The van der Waals surface area contributed by atoms with Crippen LogP contribution in [0, 0.1) is 0 Å². The van der Waals surface area contributed by atoms with Crippen LogP contribution in [-0.4, -0.2) is 54.7 Å². The Morgan fingerprint density at radius 1 is 1.40 bits per heavy atom. The van der Waals surface area contributed by atoms with Crippen LogP contribution in [0.25, 0.3) is 0 Å². The third-order valence-electron chi connectivity index (χ3n) is 2.34. The van der Waals surface area contributed by atoms with Gasteiger partial charge in [0.15, 0.2) is 5.82 Å². The maximum Gasteiger partial charge on any atom is 0.316 e. The zero-order valence-electron chi connectivity index (χ0n) is 12.1. The molecule has 0 unspecified atom stereocenters. The average molecular weight is 282 g/mol. The van der Waals surface area contributed by atoms with Crippen LogP contribution in [0.2, 0.25) is 0 Å². The number of hydrogen-bond donors (Lipinski definition) is 3. The predicted molar refractivity (Wildman–Crippen MR) is 77.3 cm³/mol. The number of rotatable bonds is 7. The first kappa shape index (κ1) is 16.0. The molecule has 0 fully saturated rings. The number of nitrogen functional groups attached to an aromatic ring is 1. The van der Waals surface area contributed by atoms with Crippen molar-refractivity contribution in [2.45, 2.75) is 13.5 Å². The SMILES string of the molecule is CCOCc1nc(N)cc(NCCNC(=O)N(C)C)n1. The van der Waals surface area contributed by atoms with Crippen molar-refractivity contribution >= 4 is 17.7 Å². The number of carbonyl (C=O) groups is 1. The van der Waals surface area contributed by atoms with Crippen molar-refractivity contribution in [2.75, 3.05) is 44.8 Å². The van der Waals surface area contributed by atoms with Gasteiger partial charge in [-0.05, 0) is 6.92 Å². The number of amides is 2. The van der Waals surface area contributed by atoms with Crippen LogP contribution in [0.1, 0.15) is 12.7 Å². The molecule has 8 heteroatoms. The summed E-state index contributed by atoms with van der Waals surface area (Å²) in [6.45, 7) is 3.86. The highest BCUT2D eigenvalue weighted by Crippen LogP contribution is 2.08. The van der Waals surface area contributed by atoms with E-state index in [1.165, 1.54) is 4.90 Å². The number of nitrogens with zero attached hydrogens (tertiary/aromatic N) is 3. The smallest absolute Gasteiger partial charge is 0.316 e. The van der Waals surface area contributed by atoms with Crippen molar-refractivity contribution in [3.05, 3.63) is 11.9 Å². The molecule has 8 nitrogen and oxygen atoms in total. The van der Waals surface area contributed by atoms with Gasteiger partial charge in [-0.2, -0.15) is 0 Å². The van der Waals surface area contributed by atoms with E-state index in [1.807, 2.05) is 6.92 Å². The summed E-state index contributed by atoms with van der Waals surface area (Å²) in [6, 6.07) is 1.51. The van der Waals surface area contributed by atoms with Crippen LogP contribution in [0.4, 0.5) is 16.4 Å². The molecule has 4 N–H and O–H groups in total. The third-order valence-corrected chi connectivity index (χ3v) is 2.34. The van der Waals surface area contributed by atoms with E-state index < -0.39 is 0 Å². The number of hydrogen-bond acceptors (Lipinski definition) is 6. The lowest BCUT2D eigenvalue weighted by Gasteiger charge is -2.12. The number of anilines is 2. The van der Waals surface area contributed by atoms with Crippen LogP contribution in [-0.2, 0) is 11.3 Å². The summed E-state index contributed by atoms with van der Waals surface area (Å²) in [5.74, 6) is 1.53. The molecule has 0 saturated carbocycles. The zero-order valence-corrected chi connectivity index (χ0v) is 12.1. The second-order valence-electron chi connectivity index (χ2n) is 4.28. The highest BCUT2D eigenvalue weighted by atomic mass is 16.5. The average Bonchev–Trinajstić information content (AvgIpc) is 2.40. The normalized spacial score (nSPS) is 10.2. The van der Waals surface area contributed by atoms with Crippen molar-refractivity contribution < 1.29 is 9.53 Å². The molecule has 0 atom stereocenters. The van der Waals surface area contributed by atoms with Crippen LogP contribution < -0.4 is 16.4 Å². The van der Waals surface area contributed by atoms with Crippen LogP contribution >= 0.6 is 0 Å². The number of carbonyl (C=O) groups excluding carboxylic acids is 1. The summed E-state index contributed by atoms with van der Waals surface area (Å²) < 4.78 is 5.24. The van der Waals surface area contributed by atoms with E-state index in [0.717, 1.165) is 0 Å². The monoisotopic (exact) mass is 282 g/mol. The predicted octanol–water partition coefficient (Wildman–Crippen LogP) is 0.278. The van der Waals surface area contributed by atoms with E-state index >= 15 is 0 Å². The Balaban J connectivity index is 2.43. The Bertz CT molecular complexity index is 438. The van der Waals surface area contributed by atoms with Gasteiger partial charge < -0.3 is 26.0 Å². The molecule has 0 aromatic carbocycles. The summed E-state index contributed by atoms with van der Waals surface area (Å²) >= 11 is 0. The van der Waals surface area contributed by atoms with Crippen molar-refractivity contribution in [3.63, 3.8) is 0 Å².